The van der Waals surface area contributed by atoms with Gasteiger partial charge in [-0.1, -0.05) is 48.6 Å². The van der Waals surface area contributed by atoms with Gasteiger partial charge in [-0.25, -0.2) is 9.59 Å². The Hall–Kier alpha value is -3.44. The van der Waals surface area contributed by atoms with Crippen molar-refractivity contribution in [3.8, 4) is 0 Å². The Labute approximate surface area is 186 Å². The Morgan fingerprint density at radius 3 is 2.66 bits per heavy atom. The van der Waals surface area contributed by atoms with Crippen molar-refractivity contribution >= 4 is 28.8 Å². The van der Waals surface area contributed by atoms with E-state index in [1.807, 2.05) is 48.5 Å². The van der Waals surface area contributed by atoms with Gasteiger partial charge in [0, 0.05) is 6.42 Å². The summed E-state index contributed by atoms with van der Waals surface area (Å²) in [4.78, 5) is 25.3. The lowest BCUT2D eigenvalue weighted by molar-refractivity contribution is -0.0282. The van der Waals surface area contributed by atoms with Crippen LogP contribution in [0.3, 0.4) is 0 Å². The monoisotopic (exact) mass is 428 g/mol. The second-order valence-corrected chi connectivity index (χ2v) is 8.16. The molecule has 1 saturated heterocycles. The van der Waals surface area contributed by atoms with Gasteiger partial charge in [0.2, 0.25) is 0 Å². The highest BCUT2D eigenvalue weighted by atomic mass is 16.6. The Balaban J connectivity index is 1.20. The third-order valence-electron chi connectivity index (χ3n) is 6.03. The van der Waals surface area contributed by atoms with Gasteiger partial charge in [-0.05, 0) is 59.0 Å². The molecule has 162 valence electrons. The molecule has 1 aliphatic heterocycles. The molecule has 1 heterocycles. The molecule has 0 amide bonds. The normalized spacial score (nSPS) is 19.5. The van der Waals surface area contributed by atoms with Crippen LogP contribution in [0.4, 0.5) is 0 Å². The topological polar surface area (TPSA) is 61.8 Å². The van der Waals surface area contributed by atoms with Crippen molar-refractivity contribution in [2.24, 2.45) is 0 Å². The predicted octanol–water partition coefficient (Wildman–Crippen LogP) is 4.97. The highest BCUT2D eigenvalue weighted by Gasteiger charge is 2.33. The molecule has 5 nitrogen and oxygen atoms in total. The first-order valence-electron chi connectivity index (χ1n) is 11.0. The zero-order chi connectivity index (χ0) is 21.9. The molecule has 0 aromatic heterocycles. The lowest BCUT2D eigenvalue weighted by Crippen LogP contribution is -2.32. The van der Waals surface area contributed by atoms with Gasteiger partial charge < -0.3 is 14.2 Å². The van der Waals surface area contributed by atoms with Crippen LogP contribution in [0.2, 0.25) is 0 Å². The maximum absolute atomic E-state index is 12.7. The Morgan fingerprint density at radius 2 is 1.75 bits per heavy atom. The molecule has 3 aromatic carbocycles. The first kappa shape index (κ1) is 20.5. The van der Waals surface area contributed by atoms with Gasteiger partial charge in [-0.15, -0.1) is 0 Å². The van der Waals surface area contributed by atoms with Gasteiger partial charge in [-0.3, -0.25) is 0 Å². The maximum atomic E-state index is 12.7. The minimum absolute atomic E-state index is 0.0403. The molecule has 0 saturated carbocycles. The van der Waals surface area contributed by atoms with Crippen LogP contribution in [0.5, 0.6) is 0 Å². The summed E-state index contributed by atoms with van der Waals surface area (Å²) in [5.41, 5.74) is 3.33. The summed E-state index contributed by atoms with van der Waals surface area (Å²) in [7, 11) is 0. The fourth-order valence-electron chi connectivity index (χ4n) is 4.24. The molecule has 1 aliphatic carbocycles. The number of ether oxygens (including phenoxy) is 3. The number of benzene rings is 3. The molecule has 0 bridgehead atoms. The fraction of sp³-hybridized carbons (Fsp3) is 0.259. The van der Waals surface area contributed by atoms with Crippen molar-refractivity contribution in [2.45, 2.75) is 31.5 Å². The summed E-state index contributed by atoms with van der Waals surface area (Å²) >= 11 is 0. The Morgan fingerprint density at radius 1 is 0.938 bits per heavy atom. The number of rotatable bonds is 5. The first-order valence-corrected chi connectivity index (χ1v) is 11.0. The molecule has 3 aromatic rings. The van der Waals surface area contributed by atoms with Gasteiger partial charge in [0.15, 0.2) is 0 Å². The lowest BCUT2D eigenvalue weighted by atomic mass is 9.95. The highest BCUT2D eigenvalue weighted by molar-refractivity contribution is 5.95. The molecule has 2 aliphatic rings. The first-order chi connectivity index (χ1) is 15.7. The minimum Gasteiger partial charge on any atom is -0.459 e. The van der Waals surface area contributed by atoms with Crippen molar-refractivity contribution in [3.05, 3.63) is 89.0 Å². The number of hydrogen-bond acceptors (Lipinski definition) is 5. The van der Waals surface area contributed by atoms with Crippen molar-refractivity contribution in [3.63, 3.8) is 0 Å². The number of esters is 2. The standard InChI is InChI=1S/C27H24O5/c28-26(22-11-9-18-5-1-3-7-20(18)15-22)31-17-25-24(13-14-30-25)32-27(29)23-12-10-19-6-2-4-8-21(19)16-23/h1-3,5-7,9-12,15-16,24-25H,4,8,13-14,17H2/t24-,25+/m1/s1. The number of hydrogen-bond donors (Lipinski definition) is 0. The molecule has 0 unspecified atom stereocenters. The average Bonchev–Trinajstić information content (AvgIpc) is 3.28. The van der Waals surface area contributed by atoms with Gasteiger partial charge in [0.05, 0.1) is 17.7 Å². The summed E-state index contributed by atoms with van der Waals surface area (Å²) in [5, 5.41) is 2.04. The van der Waals surface area contributed by atoms with E-state index in [0.29, 0.717) is 24.2 Å². The summed E-state index contributed by atoms with van der Waals surface area (Å²) in [5.74, 6) is -0.789. The quantitative estimate of drug-likeness (QED) is 0.537. The molecule has 5 heteroatoms. The molecule has 0 N–H and O–H groups in total. The largest absolute Gasteiger partial charge is 0.459 e. The number of carbonyl (C=O) groups is 2. The highest BCUT2D eigenvalue weighted by Crippen LogP contribution is 2.24. The van der Waals surface area contributed by atoms with Gasteiger partial charge in [0.1, 0.15) is 18.8 Å². The van der Waals surface area contributed by atoms with E-state index in [1.54, 1.807) is 12.1 Å². The smallest absolute Gasteiger partial charge is 0.338 e. The van der Waals surface area contributed by atoms with E-state index in [1.165, 1.54) is 0 Å². The van der Waals surface area contributed by atoms with Crippen molar-refractivity contribution < 1.29 is 23.8 Å². The second-order valence-electron chi connectivity index (χ2n) is 8.16. The number of aryl methyl sites for hydroxylation is 1. The van der Waals surface area contributed by atoms with Crippen molar-refractivity contribution in [1.29, 1.82) is 0 Å². The van der Waals surface area contributed by atoms with Crippen molar-refractivity contribution in [1.82, 2.24) is 0 Å². The number of allylic oxidation sites excluding steroid dienone is 1. The summed E-state index contributed by atoms with van der Waals surface area (Å²) < 4.78 is 16.9. The second kappa shape index (κ2) is 8.97. The fourth-order valence-corrected chi connectivity index (χ4v) is 4.24. The van der Waals surface area contributed by atoms with Gasteiger partial charge in [0.25, 0.3) is 0 Å². The van der Waals surface area contributed by atoms with Crippen LogP contribution in [-0.2, 0) is 20.6 Å². The van der Waals surface area contributed by atoms with Gasteiger partial charge in [-0.2, -0.15) is 0 Å². The van der Waals surface area contributed by atoms with Crippen LogP contribution in [0.25, 0.3) is 16.8 Å². The molecule has 32 heavy (non-hydrogen) atoms. The zero-order valence-corrected chi connectivity index (χ0v) is 17.7. The maximum Gasteiger partial charge on any atom is 0.338 e. The van der Waals surface area contributed by atoms with E-state index in [-0.39, 0.29) is 12.6 Å². The van der Waals surface area contributed by atoms with Crippen molar-refractivity contribution in [2.75, 3.05) is 13.2 Å². The van der Waals surface area contributed by atoms with E-state index in [2.05, 4.69) is 12.2 Å². The lowest BCUT2D eigenvalue weighted by Gasteiger charge is -2.19. The van der Waals surface area contributed by atoms with E-state index in [0.717, 1.165) is 34.7 Å². The van der Waals surface area contributed by atoms with Crippen LogP contribution in [0.1, 0.15) is 44.7 Å². The van der Waals surface area contributed by atoms with Crippen LogP contribution >= 0.6 is 0 Å². The molecule has 1 fully saturated rings. The van der Waals surface area contributed by atoms with E-state index in [9.17, 15) is 9.59 Å². The summed E-state index contributed by atoms with van der Waals surface area (Å²) in [6, 6.07) is 19.0. The Kier molecular flexibility index (Phi) is 5.73. The van der Waals surface area contributed by atoms with E-state index in [4.69, 9.17) is 14.2 Å². The summed E-state index contributed by atoms with van der Waals surface area (Å²) in [6.07, 6.45) is 5.79. The molecule has 5 rings (SSSR count). The predicted molar refractivity (Wildman–Crippen MR) is 122 cm³/mol. The van der Waals surface area contributed by atoms with Crippen LogP contribution in [0.15, 0.2) is 66.7 Å². The van der Waals surface area contributed by atoms with Gasteiger partial charge >= 0.3 is 11.9 Å². The average molecular weight is 428 g/mol. The van der Waals surface area contributed by atoms with Crippen LogP contribution in [-0.4, -0.2) is 37.4 Å². The third kappa shape index (κ3) is 4.30. The number of fused-ring (bicyclic) bond motifs is 2. The molecule has 0 spiro atoms. The van der Waals surface area contributed by atoms with E-state index < -0.39 is 18.2 Å². The number of carbonyl (C=O) groups excluding carboxylic acids is 2. The SMILES string of the molecule is O=C(OC[C@@H]1OCC[C@H]1OC(=O)c1ccc2c(c1)CCC=C2)c1ccc2ccccc2c1. The zero-order valence-electron chi connectivity index (χ0n) is 17.7. The summed E-state index contributed by atoms with van der Waals surface area (Å²) in [6.45, 7) is 0.504. The molecular formula is C27H24O5. The molecule has 0 radical (unpaired) electrons. The molecule has 2 atom stereocenters. The van der Waals surface area contributed by atoms with Crippen LogP contribution < -0.4 is 0 Å². The minimum atomic E-state index is -0.469. The van der Waals surface area contributed by atoms with E-state index >= 15 is 0 Å². The Bertz CT molecular complexity index is 1200. The molecular weight excluding hydrogens is 404 g/mol. The third-order valence-corrected chi connectivity index (χ3v) is 6.03. The van der Waals surface area contributed by atoms with Crippen LogP contribution in [0, 0.1) is 0 Å².